The van der Waals surface area contributed by atoms with Crippen LogP contribution in [0.4, 0.5) is 0 Å². The summed E-state index contributed by atoms with van der Waals surface area (Å²) in [6, 6.07) is 0. The van der Waals surface area contributed by atoms with Gasteiger partial charge in [0.2, 0.25) is 0 Å². The molecule has 0 spiro atoms. The molecule has 1 rings (SSSR count). The van der Waals surface area contributed by atoms with Crippen molar-refractivity contribution in [2.45, 2.75) is 6.92 Å². The molecule has 0 fully saturated rings. The standard InChI is InChI=1S/C5H6N2O2.H5O10P3/c1-3-2-6-5(9)7-4(3)8;1-11(2,3)9-13(7,8)10-12(4,5)6/h2H,1H3,(H2,6,7,8,9);(H,7,8)(H2,1,2,3)(H2,4,5,6). The Bertz CT molecular complexity index is 725. The molecule has 0 aromatic carbocycles. The van der Waals surface area contributed by atoms with Crippen LogP contribution in [0.1, 0.15) is 5.56 Å². The first-order valence-electron chi connectivity index (χ1n) is 4.76. The van der Waals surface area contributed by atoms with E-state index in [0.29, 0.717) is 5.56 Å². The van der Waals surface area contributed by atoms with Crippen LogP contribution in [0.5, 0.6) is 0 Å². The normalized spacial score (nSPS) is 12.5. The maximum Gasteiger partial charge on any atom is 0.490 e. The summed E-state index contributed by atoms with van der Waals surface area (Å²) >= 11 is 0. The third-order valence-corrected chi connectivity index (χ3v) is 4.78. The summed E-state index contributed by atoms with van der Waals surface area (Å²) in [6.45, 7) is 1.62. The van der Waals surface area contributed by atoms with E-state index in [2.05, 4.69) is 18.6 Å². The number of H-pyrrole nitrogens is 2. The van der Waals surface area contributed by atoms with Crippen molar-refractivity contribution in [3.05, 3.63) is 32.6 Å². The van der Waals surface area contributed by atoms with E-state index in [4.69, 9.17) is 24.5 Å². The smallest absolute Gasteiger partial charge is 0.314 e. The maximum absolute atomic E-state index is 10.6. The molecule has 7 N–H and O–H groups in total. The molecule has 0 amide bonds. The summed E-state index contributed by atoms with van der Waals surface area (Å²) in [7, 11) is -16.2. The maximum atomic E-state index is 10.6. The number of aryl methyl sites for hydroxylation is 1. The van der Waals surface area contributed by atoms with E-state index in [1.807, 2.05) is 0 Å². The minimum Gasteiger partial charge on any atom is -0.314 e. The van der Waals surface area contributed by atoms with Gasteiger partial charge in [0.1, 0.15) is 0 Å². The molecule has 0 aliphatic heterocycles. The zero-order chi connectivity index (χ0) is 17.8. The number of phosphoric acid groups is 3. The van der Waals surface area contributed by atoms with Gasteiger partial charge in [-0.25, -0.2) is 18.5 Å². The fourth-order valence-electron chi connectivity index (χ4n) is 0.761. The number of hydrogen-bond donors (Lipinski definition) is 7. The lowest BCUT2D eigenvalue weighted by Crippen LogP contribution is -2.22. The van der Waals surface area contributed by atoms with Gasteiger partial charge in [-0.05, 0) is 6.92 Å². The highest BCUT2D eigenvalue weighted by atomic mass is 31.3. The van der Waals surface area contributed by atoms with Crippen LogP contribution in [-0.4, -0.2) is 34.4 Å². The lowest BCUT2D eigenvalue weighted by molar-refractivity contribution is 0.204. The zero-order valence-electron chi connectivity index (χ0n) is 10.5. The molecule has 0 aliphatic carbocycles. The van der Waals surface area contributed by atoms with E-state index in [-0.39, 0.29) is 5.56 Å². The summed E-state index contributed by atoms with van der Waals surface area (Å²) < 4.78 is 36.4. The summed E-state index contributed by atoms with van der Waals surface area (Å²) in [5.41, 5.74) is -0.293. The summed E-state index contributed by atoms with van der Waals surface area (Å²) in [5.74, 6) is 0. The van der Waals surface area contributed by atoms with Crippen molar-refractivity contribution in [1.82, 2.24) is 9.97 Å². The molecule has 0 atom stereocenters. The second kappa shape index (κ2) is 7.57. The molecule has 14 nitrogen and oxygen atoms in total. The number of hydrogen-bond acceptors (Lipinski definition) is 7. The van der Waals surface area contributed by atoms with Crippen molar-refractivity contribution in [1.29, 1.82) is 0 Å². The molecule has 128 valence electrons. The SMILES string of the molecule is Cc1c[nH]c(=O)[nH]c1=O.O=P(O)(O)OP(=O)(O)OP(=O)(O)O. The van der Waals surface area contributed by atoms with Crippen LogP contribution >= 0.6 is 23.5 Å². The third kappa shape index (κ3) is 10.8. The Kier molecular flexibility index (Phi) is 7.26. The van der Waals surface area contributed by atoms with Crippen molar-refractivity contribution in [2.75, 3.05) is 0 Å². The van der Waals surface area contributed by atoms with Crippen molar-refractivity contribution >= 4 is 23.5 Å². The van der Waals surface area contributed by atoms with Crippen LogP contribution in [0, 0.1) is 6.92 Å². The Hall–Kier alpha value is -0.910. The van der Waals surface area contributed by atoms with E-state index in [1.54, 1.807) is 6.92 Å². The van der Waals surface area contributed by atoms with Gasteiger partial charge in [-0.3, -0.25) is 9.78 Å². The van der Waals surface area contributed by atoms with Gasteiger partial charge < -0.3 is 29.5 Å². The molecule has 0 aliphatic rings. The Morgan fingerprint density at radius 1 is 0.955 bits per heavy atom. The molecule has 0 saturated heterocycles. The highest BCUT2D eigenvalue weighted by Gasteiger charge is 2.38. The molecule has 22 heavy (non-hydrogen) atoms. The molecule has 1 heterocycles. The van der Waals surface area contributed by atoms with Crippen molar-refractivity contribution in [2.24, 2.45) is 0 Å². The molecule has 0 unspecified atom stereocenters. The number of aromatic amines is 2. The zero-order valence-corrected chi connectivity index (χ0v) is 13.2. The summed E-state index contributed by atoms with van der Waals surface area (Å²) in [5, 5.41) is 0. The molecule has 1 aromatic rings. The van der Waals surface area contributed by atoms with Gasteiger partial charge in [0, 0.05) is 11.8 Å². The number of rotatable bonds is 4. The minimum atomic E-state index is -5.46. The van der Waals surface area contributed by atoms with Gasteiger partial charge in [-0.2, -0.15) is 8.62 Å². The summed E-state index contributed by atoms with van der Waals surface area (Å²) in [6.07, 6.45) is 1.38. The molecular weight excluding hydrogens is 373 g/mol. The van der Waals surface area contributed by atoms with Crippen LogP contribution in [0.25, 0.3) is 0 Å². The lowest BCUT2D eigenvalue weighted by Gasteiger charge is -2.11. The fraction of sp³-hybridized carbons (Fsp3) is 0.200. The topological polar surface area (TPSA) is 237 Å². The largest absolute Gasteiger partial charge is 0.490 e. The molecule has 17 heteroatoms. The van der Waals surface area contributed by atoms with Crippen molar-refractivity contribution < 1.29 is 46.8 Å². The average molecular weight is 384 g/mol. The average Bonchev–Trinajstić information content (AvgIpc) is 2.17. The minimum absolute atomic E-state index is 0.334. The highest BCUT2D eigenvalue weighted by molar-refractivity contribution is 7.66. The predicted molar refractivity (Wildman–Crippen MR) is 68.5 cm³/mol. The Morgan fingerprint density at radius 3 is 1.64 bits per heavy atom. The first kappa shape index (κ1) is 21.1. The predicted octanol–water partition coefficient (Wildman–Crippen LogP) is -1.32. The summed E-state index contributed by atoms with van der Waals surface area (Å²) in [4.78, 5) is 65.5. The van der Waals surface area contributed by atoms with Crippen molar-refractivity contribution in [3.8, 4) is 0 Å². The van der Waals surface area contributed by atoms with E-state index in [0.717, 1.165) is 0 Å². The first-order chi connectivity index (χ1) is 9.61. The van der Waals surface area contributed by atoms with E-state index in [1.165, 1.54) is 6.20 Å². The number of aromatic nitrogens is 2. The molecule has 0 radical (unpaired) electrons. The van der Waals surface area contributed by atoms with Gasteiger partial charge >= 0.3 is 29.2 Å². The van der Waals surface area contributed by atoms with Gasteiger partial charge in [0.05, 0.1) is 0 Å². The van der Waals surface area contributed by atoms with Crippen LogP contribution in [0.2, 0.25) is 0 Å². The van der Waals surface area contributed by atoms with Crippen molar-refractivity contribution in [3.63, 3.8) is 0 Å². The highest BCUT2D eigenvalue weighted by Crippen LogP contribution is 2.64. The lowest BCUT2D eigenvalue weighted by atomic mass is 10.4. The third-order valence-electron chi connectivity index (χ3n) is 1.42. The van der Waals surface area contributed by atoms with Crippen LogP contribution in [0.3, 0.4) is 0 Å². The Morgan fingerprint density at radius 2 is 1.36 bits per heavy atom. The van der Waals surface area contributed by atoms with Crippen LogP contribution in [0.15, 0.2) is 15.8 Å². The van der Waals surface area contributed by atoms with Gasteiger partial charge in [0.25, 0.3) is 5.56 Å². The van der Waals surface area contributed by atoms with Gasteiger partial charge in [-0.1, -0.05) is 0 Å². The van der Waals surface area contributed by atoms with Gasteiger partial charge in [0.15, 0.2) is 0 Å². The fourth-order valence-corrected chi connectivity index (χ4v) is 3.30. The first-order valence-corrected chi connectivity index (χ1v) is 9.32. The number of nitrogens with one attached hydrogen (secondary N) is 2. The second-order valence-electron chi connectivity index (χ2n) is 3.37. The molecule has 0 bridgehead atoms. The molecular formula is C5H11N2O12P3. The van der Waals surface area contributed by atoms with E-state index >= 15 is 0 Å². The van der Waals surface area contributed by atoms with Crippen LogP contribution in [-0.2, 0) is 22.3 Å². The van der Waals surface area contributed by atoms with Crippen LogP contribution < -0.4 is 11.2 Å². The Labute approximate surface area is 120 Å². The Balaban J connectivity index is 0.000000425. The molecule has 1 aromatic heterocycles. The van der Waals surface area contributed by atoms with E-state index in [9.17, 15) is 23.3 Å². The van der Waals surface area contributed by atoms with Gasteiger partial charge in [-0.15, -0.1) is 0 Å². The van der Waals surface area contributed by atoms with E-state index < -0.39 is 29.2 Å². The molecule has 0 saturated carbocycles. The quantitative estimate of drug-likeness (QED) is 0.299. The monoisotopic (exact) mass is 384 g/mol. The second-order valence-corrected chi connectivity index (χ2v) is 7.57.